The maximum absolute atomic E-state index is 13.3. The number of hydrogen-bond donors (Lipinski definition) is 1. The van der Waals surface area contributed by atoms with Crippen LogP contribution in [0.1, 0.15) is 30.1 Å². The zero-order valence-corrected chi connectivity index (χ0v) is 16.0. The Balaban J connectivity index is 2.37. The Kier molecular flexibility index (Phi) is 4.82. The van der Waals surface area contributed by atoms with Crippen molar-refractivity contribution in [1.82, 2.24) is 9.55 Å². The monoisotopic (exact) mass is 371 g/mol. The second-order valence-electron chi connectivity index (χ2n) is 6.11. The van der Waals surface area contributed by atoms with Gasteiger partial charge >= 0.3 is 0 Å². The van der Waals surface area contributed by atoms with Gasteiger partial charge in [0, 0.05) is 10.4 Å². The quantitative estimate of drug-likeness (QED) is 0.746. The molecule has 0 bridgehead atoms. The molecule has 26 heavy (non-hydrogen) atoms. The average Bonchev–Trinajstić information content (AvgIpc) is 2.94. The number of carbonyl (C=O) groups excluding carboxylic acids is 1. The van der Waals surface area contributed by atoms with Gasteiger partial charge in [-0.05, 0) is 38.0 Å². The Labute approximate surface area is 155 Å². The molecular formula is C19H21N3O3S. The number of ether oxygens (including phenoxy) is 1. The van der Waals surface area contributed by atoms with E-state index in [4.69, 9.17) is 10.5 Å². The molecule has 3 rings (SSSR count). The third kappa shape index (κ3) is 2.88. The van der Waals surface area contributed by atoms with E-state index < -0.39 is 11.9 Å². The molecule has 1 amide bonds. The highest BCUT2D eigenvalue weighted by atomic mass is 32.1. The van der Waals surface area contributed by atoms with Gasteiger partial charge in [0.15, 0.2) is 0 Å². The number of thiophene rings is 1. The van der Waals surface area contributed by atoms with E-state index in [1.165, 1.54) is 15.9 Å². The predicted octanol–water partition coefficient (Wildman–Crippen LogP) is 3.19. The molecule has 1 unspecified atom stereocenters. The fraction of sp³-hybridized carbons (Fsp3) is 0.316. The number of primary amides is 1. The first-order chi connectivity index (χ1) is 12.4. The molecule has 0 aliphatic heterocycles. The lowest BCUT2D eigenvalue weighted by atomic mass is 10.0. The van der Waals surface area contributed by atoms with Crippen LogP contribution in [0.15, 0.2) is 29.1 Å². The van der Waals surface area contributed by atoms with Gasteiger partial charge in [-0.2, -0.15) is 0 Å². The van der Waals surface area contributed by atoms with Gasteiger partial charge in [0.05, 0.1) is 12.5 Å². The van der Waals surface area contributed by atoms with Crippen LogP contribution in [0, 0.1) is 13.8 Å². The molecule has 2 heterocycles. The molecular weight excluding hydrogens is 350 g/mol. The molecule has 2 aromatic heterocycles. The van der Waals surface area contributed by atoms with Gasteiger partial charge in [-0.1, -0.05) is 19.1 Å². The molecule has 3 aromatic rings. The summed E-state index contributed by atoms with van der Waals surface area (Å²) in [5.41, 5.74) is 6.99. The van der Waals surface area contributed by atoms with Crippen LogP contribution in [0.25, 0.3) is 21.3 Å². The number of aromatic nitrogens is 2. The molecule has 0 radical (unpaired) electrons. The smallest absolute Gasteiger partial charge is 0.263 e. The largest absolute Gasteiger partial charge is 0.497 e. The standard InChI is InChI=1S/C19H21N3O3S/c1-5-14(17(20)23)22-11(3)21-18-16(19(22)24)15(10(2)26-18)12-7-6-8-13(9-12)25-4/h6-9,14H,5H2,1-4H3,(H2,20,23). The molecule has 1 atom stereocenters. The first-order valence-corrected chi connectivity index (χ1v) is 9.16. The minimum Gasteiger partial charge on any atom is -0.497 e. The van der Waals surface area contributed by atoms with Gasteiger partial charge in [0.1, 0.15) is 22.4 Å². The third-order valence-corrected chi connectivity index (χ3v) is 5.49. The lowest BCUT2D eigenvalue weighted by molar-refractivity contribution is -0.121. The maximum atomic E-state index is 13.3. The van der Waals surface area contributed by atoms with E-state index in [2.05, 4.69) is 4.98 Å². The number of aryl methyl sites for hydroxylation is 2. The third-order valence-electron chi connectivity index (χ3n) is 4.50. The molecule has 0 fully saturated rings. The molecule has 0 aliphatic rings. The normalized spacial score (nSPS) is 12.3. The van der Waals surface area contributed by atoms with Crippen molar-refractivity contribution in [3.8, 4) is 16.9 Å². The second kappa shape index (κ2) is 6.92. The van der Waals surface area contributed by atoms with Crippen LogP contribution in [0.4, 0.5) is 0 Å². The lowest BCUT2D eigenvalue weighted by Crippen LogP contribution is -2.35. The Bertz CT molecular complexity index is 1050. The highest BCUT2D eigenvalue weighted by Gasteiger charge is 2.24. The van der Waals surface area contributed by atoms with E-state index in [-0.39, 0.29) is 5.56 Å². The van der Waals surface area contributed by atoms with Crippen LogP contribution in [-0.2, 0) is 4.79 Å². The van der Waals surface area contributed by atoms with Crippen molar-refractivity contribution in [2.24, 2.45) is 5.73 Å². The predicted molar refractivity (Wildman–Crippen MR) is 104 cm³/mol. The zero-order valence-electron chi connectivity index (χ0n) is 15.2. The number of nitrogens with two attached hydrogens (primary N) is 1. The van der Waals surface area contributed by atoms with Crippen molar-refractivity contribution < 1.29 is 9.53 Å². The van der Waals surface area contributed by atoms with E-state index in [1.54, 1.807) is 14.0 Å². The Morgan fingerprint density at radius 2 is 2.12 bits per heavy atom. The van der Waals surface area contributed by atoms with E-state index in [0.29, 0.717) is 28.2 Å². The maximum Gasteiger partial charge on any atom is 0.263 e. The number of amides is 1. The molecule has 7 heteroatoms. The van der Waals surface area contributed by atoms with Crippen LogP contribution < -0.4 is 16.0 Å². The molecule has 0 spiro atoms. The summed E-state index contributed by atoms with van der Waals surface area (Å²) in [6, 6.07) is 6.86. The van der Waals surface area contributed by atoms with Crippen molar-refractivity contribution >= 4 is 27.5 Å². The first-order valence-electron chi connectivity index (χ1n) is 8.35. The number of rotatable bonds is 5. The van der Waals surface area contributed by atoms with Crippen LogP contribution >= 0.6 is 11.3 Å². The average molecular weight is 371 g/mol. The van der Waals surface area contributed by atoms with E-state index in [1.807, 2.05) is 38.1 Å². The van der Waals surface area contributed by atoms with Crippen LogP contribution in [-0.4, -0.2) is 22.6 Å². The number of nitrogens with zero attached hydrogens (tertiary/aromatic N) is 2. The topological polar surface area (TPSA) is 87.2 Å². The van der Waals surface area contributed by atoms with E-state index in [9.17, 15) is 9.59 Å². The summed E-state index contributed by atoms with van der Waals surface area (Å²) < 4.78 is 6.73. The highest BCUT2D eigenvalue weighted by Crippen LogP contribution is 2.37. The second-order valence-corrected chi connectivity index (χ2v) is 7.31. The summed E-state index contributed by atoms with van der Waals surface area (Å²) in [5.74, 6) is 0.672. The van der Waals surface area contributed by atoms with Gasteiger partial charge in [0.25, 0.3) is 5.56 Å². The van der Waals surface area contributed by atoms with Crippen molar-refractivity contribution in [1.29, 1.82) is 0 Å². The fourth-order valence-corrected chi connectivity index (χ4v) is 4.36. The van der Waals surface area contributed by atoms with Crippen LogP contribution in [0.2, 0.25) is 0 Å². The fourth-order valence-electron chi connectivity index (χ4n) is 3.28. The van der Waals surface area contributed by atoms with Gasteiger partial charge in [0.2, 0.25) is 5.91 Å². The Morgan fingerprint density at radius 1 is 1.38 bits per heavy atom. The van der Waals surface area contributed by atoms with Crippen molar-refractivity contribution in [3.63, 3.8) is 0 Å². The summed E-state index contributed by atoms with van der Waals surface area (Å²) in [6.07, 6.45) is 0.431. The number of methoxy groups -OCH3 is 1. The molecule has 0 saturated heterocycles. The Morgan fingerprint density at radius 3 is 2.73 bits per heavy atom. The van der Waals surface area contributed by atoms with Crippen molar-refractivity contribution in [3.05, 3.63) is 45.3 Å². The summed E-state index contributed by atoms with van der Waals surface area (Å²) in [4.78, 5) is 31.4. The zero-order chi connectivity index (χ0) is 19.0. The minimum atomic E-state index is -0.710. The van der Waals surface area contributed by atoms with Gasteiger partial charge in [-0.15, -0.1) is 11.3 Å². The van der Waals surface area contributed by atoms with Gasteiger partial charge in [-0.25, -0.2) is 4.98 Å². The van der Waals surface area contributed by atoms with Crippen molar-refractivity contribution in [2.45, 2.75) is 33.2 Å². The number of carbonyl (C=O) groups is 1. The van der Waals surface area contributed by atoms with E-state index >= 15 is 0 Å². The van der Waals surface area contributed by atoms with Crippen LogP contribution in [0.3, 0.4) is 0 Å². The molecule has 1 aromatic carbocycles. The summed E-state index contributed by atoms with van der Waals surface area (Å²) >= 11 is 1.47. The summed E-state index contributed by atoms with van der Waals surface area (Å²) in [6.45, 7) is 5.52. The molecule has 0 saturated carbocycles. The first kappa shape index (κ1) is 18.1. The molecule has 2 N–H and O–H groups in total. The number of hydrogen-bond acceptors (Lipinski definition) is 5. The molecule has 6 nitrogen and oxygen atoms in total. The summed E-state index contributed by atoms with van der Waals surface area (Å²) in [7, 11) is 1.61. The minimum absolute atomic E-state index is 0.236. The highest BCUT2D eigenvalue weighted by molar-refractivity contribution is 7.19. The van der Waals surface area contributed by atoms with Gasteiger partial charge < -0.3 is 10.5 Å². The lowest BCUT2D eigenvalue weighted by Gasteiger charge is -2.17. The Hall–Kier alpha value is -2.67. The summed E-state index contributed by atoms with van der Waals surface area (Å²) in [5, 5.41) is 0.519. The molecule has 136 valence electrons. The SMILES string of the molecule is CCC(C(N)=O)n1c(C)nc2sc(C)c(-c3cccc(OC)c3)c2c1=O. The van der Waals surface area contributed by atoms with E-state index in [0.717, 1.165) is 16.0 Å². The number of benzene rings is 1. The van der Waals surface area contributed by atoms with Crippen LogP contribution in [0.5, 0.6) is 5.75 Å². The van der Waals surface area contributed by atoms with Crippen molar-refractivity contribution in [2.75, 3.05) is 7.11 Å². The number of fused-ring (bicyclic) bond motifs is 1. The van der Waals surface area contributed by atoms with Gasteiger partial charge in [-0.3, -0.25) is 14.2 Å². The molecule has 0 aliphatic carbocycles.